The lowest BCUT2D eigenvalue weighted by Gasteiger charge is -2.31. The number of anilines is 2. The Labute approximate surface area is 251 Å². The van der Waals surface area contributed by atoms with Crippen LogP contribution in [0.15, 0.2) is 18.3 Å². The van der Waals surface area contributed by atoms with Crippen LogP contribution in [0.2, 0.25) is 0 Å². The number of carbonyl (C=O) groups excluding carboxylic acids is 2. The molecule has 0 spiro atoms. The van der Waals surface area contributed by atoms with Crippen molar-refractivity contribution in [2.75, 3.05) is 32.6 Å². The number of nitrogens with zero attached hydrogens (tertiary/aromatic N) is 3. The first-order valence-electron chi connectivity index (χ1n) is 14.6. The molecular formula is C31H43F4N5O3. The van der Waals surface area contributed by atoms with Gasteiger partial charge in [-0.15, -0.1) is 0 Å². The van der Waals surface area contributed by atoms with Crippen LogP contribution in [0.3, 0.4) is 0 Å². The summed E-state index contributed by atoms with van der Waals surface area (Å²) in [5.41, 5.74) is -1.23. The molecule has 1 aromatic heterocycles. The Balaban J connectivity index is 0.00000506. The van der Waals surface area contributed by atoms with Gasteiger partial charge in [-0.05, 0) is 70.1 Å². The van der Waals surface area contributed by atoms with Gasteiger partial charge in [0.1, 0.15) is 17.3 Å². The number of hydrogen-bond acceptors (Lipinski definition) is 7. The van der Waals surface area contributed by atoms with E-state index in [0.29, 0.717) is 19.3 Å². The third-order valence-electron chi connectivity index (χ3n) is 8.41. The maximum Gasteiger partial charge on any atom is 0.419 e. The number of likely N-dealkylation sites (tertiary alicyclic amines) is 1. The molecule has 4 rings (SSSR count). The first-order chi connectivity index (χ1) is 20.0. The standard InChI is InChI=1S/C30H39F4N5O3.CH4/c1-4-21(40)13-18-7-5-6-8-19(18)14-25-23(30(32,33)34)17-35-29(37-25)38-26-16-24(31)22(15-27(26)42-3)28(41)36-20-9-11-39(2)12-10-20;/h15-20H,4-14H2,1-3H3,(H,36,41)(H,35,37,38);1H4/t18-,19-;/m0./s1. The maximum atomic E-state index is 15.1. The van der Waals surface area contributed by atoms with E-state index in [0.717, 1.165) is 57.5 Å². The lowest BCUT2D eigenvalue weighted by atomic mass is 9.74. The van der Waals surface area contributed by atoms with Crippen LogP contribution in [-0.4, -0.2) is 59.8 Å². The van der Waals surface area contributed by atoms with Gasteiger partial charge in [-0.1, -0.05) is 27.2 Å². The van der Waals surface area contributed by atoms with Crippen molar-refractivity contribution in [1.29, 1.82) is 0 Å². The molecule has 12 heteroatoms. The number of amides is 1. The predicted octanol–water partition coefficient (Wildman–Crippen LogP) is 6.56. The summed E-state index contributed by atoms with van der Waals surface area (Å²) in [5, 5.41) is 5.65. The Hall–Kier alpha value is -3.28. The van der Waals surface area contributed by atoms with E-state index >= 15 is 4.39 Å². The second kappa shape index (κ2) is 14.9. The number of methoxy groups -OCH3 is 1. The molecule has 2 fully saturated rings. The van der Waals surface area contributed by atoms with Crippen LogP contribution in [0.1, 0.15) is 87.3 Å². The van der Waals surface area contributed by atoms with Gasteiger partial charge in [0, 0.05) is 31.1 Å². The molecule has 1 amide bonds. The van der Waals surface area contributed by atoms with Crippen molar-refractivity contribution in [2.24, 2.45) is 11.8 Å². The van der Waals surface area contributed by atoms with Gasteiger partial charge < -0.3 is 20.3 Å². The number of Topliss-reactive ketones (excluding diaryl/α,β-unsaturated/α-hetero) is 1. The van der Waals surface area contributed by atoms with Crippen LogP contribution >= 0.6 is 0 Å². The number of piperidine rings is 1. The monoisotopic (exact) mass is 609 g/mol. The van der Waals surface area contributed by atoms with E-state index in [2.05, 4.69) is 25.5 Å². The highest BCUT2D eigenvalue weighted by Gasteiger charge is 2.37. The average molecular weight is 610 g/mol. The molecule has 1 saturated carbocycles. The second-order valence-corrected chi connectivity index (χ2v) is 11.4. The molecule has 0 bridgehead atoms. The van der Waals surface area contributed by atoms with Gasteiger partial charge in [0.25, 0.3) is 5.91 Å². The Morgan fingerprint density at radius 2 is 1.77 bits per heavy atom. The largest absolute Gasteiger partial charge is 0.495 e. The first kappa shape index (κ1) is 34.2. The quantitative estimate of drug-likeness (QED) is 0.295. The number of alkyl halides is 3. The fraction of sp³-hybridized carbons (Fsp3) is 0.613. The highest BCUT2D eigenvalue weighted by molar-refractivity contribution is 5.96. The summed E-state index contributed by atoms with van der Waals surface area (Å²) in [4.78, 5) is 35.2. The van der Waals surface area contributed by atoms with Gasteiger partial charge in [-0.3, -0.25) is 9.59 Å². The van der Waals surface area contributed by atoms with E-state index in [1.165, 1.54) is 13.2 Å². The van der Waals surface area contributed by atoms with Crippen LogP contribution < -0.4 is 15.4 Å². The van der Waals surface area contributed by atoms with Gasteiger partial charge in [-0.2, -0.15) is 13.2 Å². The molecule has 1 aromatic carbocycles. The van der Waals surface area contributed by atoms with E-state index in [9.17, 15) is 22.8 Å². The molecule has 1 aliphatic carbocycles. The summed E-state index contributed by atoms with van der Waals surface area (Å²) in [7, 11) is 3.34. The number of aromatic nitrogens is 2. The topological polar surface area (TPSA) is 96.5 Å². The Bertz CT molecular complexity index is 1260. The van der Waals surface area contributed by atoms with Crippen molar-refractivity contribution in [3.63, 3.8) is 0 Å². The summed E-state index contributed by atoms with van der Waals surface area (Å²) in [6.07, 6.45) is 1.71. The zero-order valence-electron chi connectivity index (χ0n) is 24.3. The highest BCUT2D eigenvalue weighted by Crippen LogP contribution is 2.39. The van der Waals surface area contributed by atoms with Gasteiger partial charge in [-0.25, -0.2) is 14.4 Å². The Kier molecular flexibility index (Phi) is 11.9. The molecule has 2 heterocycles. The van der Waals surface area contributed by atoms with Crippen molar-refractivity contribution in [3.05, 3.63) is 41.0 Å². The third kappa shape index (κ3) is 8.87. The van der Waals surface area contributed by atoms with Crippen molar-refractivity contribution in [3.8, 4) is 5.75 Å². The minimum absolute atomic E-state index is 0. The number of ketones is 1. The van der Waals surface area contributed by atoms with Gasteiger partial charge in [0.15, 0.2) is 0 Å². The molecule has 2 aliphatic rings. The molecule has 43 heavy (non-hydrogen) atoms. The highest BCUT2D eigenvalue weighted by atomic mass is 19.4. The minimum Gasteiger partial charge on any atom is -0.495 e. The van der Waals surface area contributed by atoms with Crippen LogP contribution in [0.25, 0.3) is 0 Å². The molecule has 1 saturated heterocycles. The summed E-state index contributed by atoms with van der Waals surface area (Å²) < 4.78 is 62.3. The van der Waals surface area contributed by atoms with Crippen molar-refractivity contribution < 1.29 is 31.9 Å². The molecule has 1 aliphatic heterocycles. The number of hydrogen-bond donors (Lipinski definition) is 2. The molecular weight excluding hydrogens is 566 g/mol. The Morgan fingerprint density at radius 1 is 1.09 bits per heavy atom. The molecule has 8 nitrogen and oxygen atoms in total. The van der Waals surface area contributed by atoms with Gasteiger partial charge in [0.2, 0.25) is 5.95 Å². The summed E-state index contributed by atoms with van der Waals surface area (Å²) in [5.74, 6) is -1.44. The average Bonchev–Trinajstić information content (AvgIpc) is 2.95. The number of benzene rings is 1. The third-order valence-corrected chi connectivity index (χ3v) is 8.41. The van der Waals surface area contributed by atoms with Crippen LogP contribution in [-0.2, 0) is 17.4 Å². The lowest BCUT2D eigenvalue weighted by molar-refractivity contribution is -0.139. The first-order valence-corrected chi connectivity index (χ1v) is 14.6. The number of ether oxygens (including phenoxy) is 1. The van der Waals surface area contributed by atoms with Crippen LogP contribution in [0, 0.1) is 17.7 Å². The molecule has 238 valence electrons. The number of carbonyl (C=O) groups is 2. The van der Waals surface area contributed by atoms with E-state index in [1.54, 1.807) is 6.92 Å². The summed E-state index contributed by atoms with van der Waals surface area (Å²) in [6, 6.07) is 2.24. The number of nitrogens with one attached hydrogen (secondary N) is 2. The van der Waals surface area contributed by atoms with Gasteiger partial charge in [0.05, 0.1) is 29.6 Å². The number of rotatable bonds is 10. The zero-order chi connectivity index (χ0) is 30.4. The van der Waals surface area contributed by atoms with E-state index in [4.69, 9.17) is 4.74 Å². The number of halogens is 4. The van der Waals surface area contributed by atoms with Crippen molar-refractivity contribution in [1.82, 2.24) is 20.2 Å². The minimum atomic E-state index is -4.66. The SMILES string of the molecule is C.CCC(=O)C[C@@H]1CCCC[C@H]1Cc1nc(Nc2cc(F)c(C(=O)NC3CCN(C)CC3)cc2OC)ncc1C(F)(F)F. The summed E-state index contributed by atoms with van der Waals surface area (Å²) in [6.45, 7) is 3.44. The second-order valence-electron chi connectivity index (χ2n) is 11.4. The van der Waals surface area contributed by atoms with Crippen LogP contribution in [0.5, 0.6) is 5.75 Å². The van der Waals surface area contributed by atoms with E-state index in [1.807, 2.05) is 7.05 Å². The Morgan fingerprint density at radius 3 is 2.40 bits per heavy atom. The molecule has 0 unspecified atom stereocenters. The predicted molar refractivity (Wildman–Crippen MR) is 157 cm³/mol. The molecule has 2 aromatic rings. The fourth-order valence-electron chi connectivity index (χ4n) is 5.91. The zero-order valence-corrected chi connectivity index (χ0v) is 24.3. The van der Waals surface area contributed by atoms with Gasteiger partial charge >= 0.3 is 6.18 Å². The fourth-order valence-corrected chi connectivity index (χ4v) is 5.91. The van der Waals surface area contributed by atoms with E-state index in [-0.39, 0.29) is 66.2 Å². The normalized spacial score (nSPS) is 19.8. The van der Waals surface area contributed by atoms with Crippen LogP contribution in [0.4, 0.5) is 29.2 Å². The molecule has 2 N–H and O–H groups in total. The lowest BCUT2D eigenvalue weighted by Crippen LogP contribution is -2.43. The summed E-state index contributed by atoms with van der Waals surface area (Å²) >= 11 is 0. The maximum absolute atomic E-state index is 15.1. The molecule has 0 radical (unpaired) electrons. The van der Waals surface area contributed by atoms with Crippen molar-refractivity contribution in [2.45, 2.75) is 84.4 Å². The van der Waals surface area contributed by atoms with E-state index < -0.39 is 23.5 Å². The molecule has 2 atom stereocenters. The van der Waals surface area contributed by atoms with Crippen molar-refractivity contribution >= 4 is 23.3 Å². The smallest absolute Gasteiger partial charge is 0.419 e.